The molecule has 0 radical (unpaired) electrons. The number of likely N-dealkylation sites (tertiary alicyclic amines) is 2. The van der Waals surface area contributed by atoms with E-state index in [0.717, 1.165) is 13.1 Å². The maximum Gasteiger partial charge on any atom is 0.236 e. The number of rotatable bonds is 2. The maximum absolute atomic E-state index is 12.2. The Bertz CT molecular complexity index is 329. The molecule has 0 aromatic carbocycles. The van der Waals surface area contributed by atoms with E-state index >= 15 is 0 Å². The van der Waals surface area contributed by atoms with E-state index in [1.54, 1.807) is 0 Å². The van der Waals surface area contributed by atoms with Crippen LogP contribution in [0.25, 0.3) is 0 Å². The molecule has 4 heteroatoms. The van der Waals surface area contributed by atoms with Gasteiger partial charge in [-0.25, -0.2) is 0 Å². The summed E-state index contributed by atoms with van der Waals surface area (Å²) in [5.74, 6) is 0.485. The zero-order chi connectivity index (χ0) is 13.2. The second-order valence-corrected chi connectivity index (χ2v) is 6.40. The first-order valence-electron chi connectivity index (χ1n) is 6.98. The van der Waals surface area contributed by atoms with Crippen molar-refractivity contribution in [2.45, 2.75) is 39.5 Å². The molecule has 2 fully saturated rings. The molecule has 0 atom stereocenters. The lowest BCUT2D eigenvalue weighted by molar-refractivity contribution is -0.136. The van der Waals surface area contributed by atoms with Crippen LogP contribution in [0.15, 0.2) is 0 Å². The molecule has 0 aliphatic carbocycles. The van der Waals surface area contributed by atoms with E-state index in [4.69, 9.17) is 0 Å². The van der Waals surface area contributed by atoms with Gasteiger partial charge in [0.15, 0.2) is 0 Å². The van der Waals surface area contributed by atoms with E-state index in [9.17, 15) is 9.59 Å². The number of hydrogen-bond acceptors (Lipinski definition) is 3. The summed E-state index contributed by atoms with van der Waals surface area (Å²) in [6, 6.07) is 0. The molecule has 0 unspecified atom stereocenters. The Balaban J connectivity index is 1.82. The van der Waals surface area contributed by atoms with Crippen LogP contribution in [0.5, 0.6) is 0 Å². The van der Waals surface area contributed by atoms with Gasteiger partial charge >= 0.3 is 0 Å². The van der Waals surface area contributed by atoms with Gasteiger partial charge in [0.25, 0.3) is 0 Å². The largest absolute Gasteiger partial charge is 0.341 e. The molecule has 0 saturated carbocycles. The summed E-state index contributed by atoms with van der Waals surface area (Å²) in [7, 11) is 0. The number of ketones is 1. The molecule has 1 amide bonds. The van der Waals surface area contributed by atoms with Crippen molar-refractivity contribution in [3.8, 4) is 0 Å². The number of Topliss-reactive ketones (excluding diaryl/α,β-unsaturated/α-hetero) is 1. The van der Waals surface area contributed by atoms with E-state index in [-0.39, 0.29) is 11.7 Å². The maximum atomic E-state index is 12.2. The van der Waals surface area contributed by atoms with Crippen molar-refractivity contribution in [3.63, 3.8) is 0 Å². The van der Waals surface area contributed by atoms with Crippen molar-refractivity contribution in [1.29, 1.82) is 0 Å². The lowest BCUT2D eigenvalue weighted by Gasteiger charge is -2.38. The van der Waals surface area contributed by atoms with Gasteiger partial charge in [-0.1, -0.05) is 13.8 Å². The Morgan fingerprint density at radius 1 is 1.22 bits per heavy atom. The van der Waals surface area contributed by atoms with E-state index in [1.807, 2.05) is 4.90 Å². The minimum atomic E-state index is 0.195. The van der Waals surface area contributed by atoms with Gasteiger partial charge < -0.3 is 4.90 Å². The Morgan fingerprint density at radius 2 is 1.89 bits per heavy atom. The standard InChI is InChI=1S/C14H24N2O2/c1-14(2)6-3-7-15(11-14)10-13(18)16-8-4-12(17)5-9-16/h3-11H2,1-2H3. The molecule has 4 nitrogen and oxygen atoms in total. The van der Waals surface area contributed by atoms with Crippen molar-refractivity contribution < 1.29 is 9.59 Å². The molecule has 2 aliphatic rings. The van der Waals surface area contributed by atoms with Crippen LogP contribution in [-0.2, 0) is 9.59 Å². The third-order valence-corrected chi connectivity index (χ3v) is 4.01. The number of carbonyl (C=O) groups excluding carboxylic acids is 2. The third kappa shape index (κ3) is 3.55. The van der Waals surface area contributed by atoms with Gasteiger partial charge in [0.05, 0.1) is 6.54 Å². The molecular formula is C14H24N2O2. The van der Waals surface area contributed by atoms with E-state index in [2.05, 4.69) is 18.7 Å². The van der Waals surface area contributed by atoms with Crippen LogP contribution in [0.4, 0.5) is 0 Å². The summed E-state index contributed by atoms with van der Waals surface area (Å²) in [6.45, 7) is 8.33. The van der Waals surface area contributed by atoms with Crippen LogP contribution in [0.3, 0.4) is 0 Å². The van der Waals surface area contributed by atoms with Crippen molar-refractivity contribution in [2.75, 3.05) is 32.7 Å². The predicted octanol–water partition coefficient (Wildman–Crippen LogP) is 1.30. The molecule has 0 N–H and O–H groups in total. The summed E-state index contributed by atoms with van der Waals surface area (Å²) in [5.41, 5.74) is 0.330. The van der Waals surface area contributed by atoms with Gasteiger partial charge in [-0.15, -0.1) is 0 Å². The molecule has 0 bridgehead atoms. The number of carbonyl (C=O) groups is 2. The van der Waals surface area contributed by atoms with Gasteiger partial charge in [-0.05, 0) is 24.8 Å². The van der Waals surface area contributed by atoms with Crippen molar-refractivity contribution in [2.24, 2.45) is 5.41 Å². The van der Waals surface area contributed by atoms with Gasteiger partial charge in [0.1, 0.15) is 5.78 Å². The average molecular weight is 252 g/mol. The van der Waals surface area contributed by atoms with Crippen LogP contribution in [0, 0.1) is 5.41 Å². The molecule has 18 heavy (non-hydrogen) atoms. The van der Waals surface area contributed by atoms with Crippen molar-refractivity contribution in [3.05, 3.63) is 0 Å². The average Bonchev–Trinajstić information content (AvgIpc) is 2.28. The topological polar surface area (TPSA) is 40.6 Å². The lowest BCUT2D eigenvalue weighted by atomic mass is 9.84. The van der Waals surface area contributed by atoms with Crippen molar-refractivity contribution in [1.82, 2.24) is 9.80 Å². The highest BCUT2D eigenvalue weighted by Crippen LogP contribution is 2.28. The molecular weight excluding hydrogens is 228 g/mol. The Kier molecular flexibility index (Phi) is 4.05. The van der Waals surface area contributed by atoms with Gasteiger partial charge in [-0.2, -0.15) is 0 Å². The fourth-order valence-corrected chi connectivity index (χ4v) is 2.98. The number of amides is 1. The van der Waals surface area contributed by atoms with Gasteiger partial charge in [0, 0.05) is 32.5 Å². The first-order chi connectivity index (χ1) is 8.46. The molecule has 2 aliphatic heterocycles. The second kappa shape index (κ2) is 5.39. The zero-order valence-corrected chi connectivity index (χ0v) is 11.6. The minimum Gasteiger partial charge on any atom is -0.341 e. The fourth-order valence-electron chi connectivity index (χ4n) is 2.98. The highest BCUT2D eigenvalue weighted by Gasteiger charge is 2.29. The first-order valence-corrected chi connectivity index (χ1v) is 6.98. The zero-order valence-electron chi connectivity index (χ0n) is 11.6. The molecule has 102 valence electrons. The third-order valence-electron chi connectivity index (χ3n) is 4.01. The normalized spacial score (nSPS) is 25.2. The summed E-state index contributed by atoms with van der Waals surface area (Å²) < 4.78 is 0. The van der Waals surface area contributed by atoms with E-state index in [0.29, 0.717) is 37.9 Å². The molecule has 0 spiro atoms. The Hall–Kier alpha value is -0.900. The van der Waals surface area contributed by atoms with Crippen LogP contribution in [0.1, 0.15) is 39.5 Å². The molecule has 0 aromatic heterocycles. The summed E-state index contributed by atoms with van der Waals surface area (Å²) in [6.07, 6.45) is 3.50. The highest BCUT2D eigenvalue weighted by molar-refractivity contribution is 5.84. The molecule has 2 rings (SSSR count). The second-order valence-electron chi connectivity index (χ2n) is 6.40. The number of hydrogen-bond donors (Lipinski definition) is 0. The van der Waals surface area contributed by atoms with Crippen LogP contribution >= 0.6 is 0 Å². The molecule has 2 heterocycles. The summed E-state index contributed by atoms with van der Waals surface area (Å²) >= 11 is 0. The Morgan fingerprint density at radius 3 is 2.50 bits per heavy atom. The quantitative estimate of drug-likeness (QED) is 0.744. The predicted molar refractivity (Wildman–Crippen MR) is 70.3 cm³/mol. The molecule has 2 saturated heterocycles. The fraction of sp³-hybridized carbons (Fsp3) is 0.857. The Labute approximate surface area is 109 Å². The minimum absolute atomic E-state index is 0.195. The first kappa shape index (κ1) is 13.5. The lowest BCUT2D eigenvalue weighted by Crippen LogP contribution is -2.48. The monoisotopic (exact) mass is 252 g/mol. The smallest absolute Gasteiger partial charge is 0.236 e. The summed E-state index contributed by atoms with van der Waals surface area (Å²) in [4.78, 5) is 27.4. The van der Waals surface area contributed by atoms with Gasteiger partial charge in [0.2, 0.25) is 5.91 Å². The summed E-state index contributed by atoms with van der Waals surface area (Å²) in [5, 5.41) is 0. The number of piperidine rings is 2. The van der Waals surface area contributed by atoms with E-state index in [1.165, 1.54) is 12.8 Å². The molecule has 0 aromatic rings. The number of nitrogens with zero attached hydrogens (tertiary/aromatic N) is 2. The SMILES string of the molecule is CC1(C)CCCN(CC(=O)N2CCC(=O)CC2)C1. The van der Waals surface area contributed by atoms with Crippen LogP contribution in [-0.4, -0.2) is 54.2 Å². The van der Waals surface area contributed by atoms with Crippen LogP contribution in [0.2, 0.25) is 0 Å². The van der Waals surface area contributed by atoms with Crippen molar-refractivity contribution >= 4 is 11.7 Å². The van der Waals surface area contributed by atoms with Crippen LogP contribution < -0.4 is 0 Å². The van der Waals surface area contributed by atoms with Gasteiger partial charge in [-0.3, -0.25) is 14.5 Å². The van der Waals surface area contributed by atoms with E-state index < -0.39 is 0 Å². The highest BCUT2D eigenvalue weighted by atomic mass is 16.2.